The summed E-state index contributed by atoms with van der Waals surface area (Å²) in [6, 6.07) is 12.1. The van der Waals surface area contributed by atoms with Crippen LogP contribution in [0.4, 0.5) is 5.69 Å². The molecule has 1 aromatic heterocycles. The molecule has 0 aliphatic rings. The van der Waals surface area contributed by atoms with E-state index in [9.17, 15) is 9.59 Å². The van der Waals surface area contributed by atoms with Gasteiger partial charge in [-0.05, 0) is 62.2 Å². The maximum atomic E-state index is 12.6. The van der Waals surface area contributed by atoms with Crippen LogP contribution in [0.3, 0.4) is 0 Å². The third kappa shape index (κ3) is 6.24. The number of hydrogen-bond acceptors (Lipinski definition) is 5. The topological polar surface area (TPSA) is 88.9 Å². The normalized spacial score (nSPS) is 11.6. The van der Waals surface area contributed by atoms with Crippen molar-refractivity contribution in [3.63, 3.8) is 0 Å². The summed E-state index contributed by atoms with van der Waals surface area (Å²) in [7, 11) is 0. The van der Waals surface area contributed by atoms with Crippen molar-refractivity contribution in [2.45, 2.75) is 38.5 Å². The van der Waals surface area contributed by atoms with E-state index in [1.807, 2.05) is 43.5 Å². The lowest BCUT2D eigenvalue weighted by Crippen LogP contribution is -2.28. The summed E-state index contributed by atoms with van der Waals surface area (Å²) in [6.07, 6.45) is 1.72. The molecule has 0 radical (unpaired) electrons. The molecule has 2 aromatic carbocycles. The Bertz CT molecular complexity index is 1160. The molecule has 0 saturated heterocycles. The molecular weight excluding hydrogens is 458 g/mol. The van der Waals surface area contributed by atoms with Gasteiger partial charge in [-0.3, -0.25) is 9.59 Å². The average molecular weight is 484 g/mol. The molecule has 9 heteroatoms. The predicted molar refractivity (Wildman–Crippen MR) is 133 cm³/mol. The molecule has 3 rings (SSSR count). The first-order valence-electron chi connectivity index (χ1n) is 10.4. The number of nitrogens with one attached hydrogen (secondary N) is 2. The zero-order chi connectivity index (χ0) is 24.0. The first-order chi connectivity index (χ1) is 15.8. The Balaban J connectivity index is 1.67. The van der Waals surface area contributed by atoms with E-state index in [-0.39, 0.29) is 17.6 Å². The number of carbonyl (C=O) groups excluding carboxylic acids is 2. The van der Waals surface area contributed by atoms with Gasteiger partial charge in [0.2, 0.25) is 5.91 Å². The number of carbonyl (C=O) groups is 2. The fourth-order valence-electron chi connectivity index (χ4n) is 3.18. The van der Waals surface area contributed by atoms with E-state index >= 15 is 0 Å². The van der Waals surface area contributed by atoms with Crippen LogP contribution in [-0.4, -0.2) is 32.3 Å². The van der Waals surface area contributed by atoms with Crippen LogP contribution in [-0.2, 0) is 11.3 Å². The molecule has 2 amide bonds. The minimum absolute atomic E-state index is 0.132. The summed E-state index contributed by atoms with van der Waals surface area (Å²) in [5.41, 5.74) is 3.45. The predicted octanol–water partition coefficient (Wildman–Crippen LogP) is 4.96. The highest BCUT2D eigenvalue weighted by Gasteiger charge is 2.20. The Kier molecular flexibility index (Phi) is 8.30. The molecule has 2 N–H and O–H groups in total. The molecule has 172 valence electrons. The number of hydrogen-bond donors (Lipinski definition) is 2. The second-order valence-corrected chi connectivity index (χ2v) is 8.91. The number of benzene rings is 2. The van der Waals surface area contributed by atoms with Gasteiger partial charge in [0.15, 0.2) is 11.0 Å². The highest BCUT2D eigenvalue weighted by molar-refractivity contribution is 7.99. The summed E-state index contributed by atoms with van der Waals surface area (Å²) >= 11 is 7.18. The van der Waals surface area contributed by atoms with Crippen LogP contribution in [0.5, 0.6) is 0 Å². The maximum absolute atomic E-state index is 12.6. The molecule has 33 heavy (non-hydrogen) atoms. The number of amides is 2. The van der Waals surface area contributed by atoms with Gasteiger partial charge in [-0.25, -0.2) is 0 Å². The SMILES string of the molecule is C=CCn1c(SCC(=O)Nc2cccc(C)c2C)nnc1[C@H](C)NC(=O)c1ccc(Cl)cc1. The molecular formula is C24H26ClN5O2S. The first kappa shape index (κ1) is 24.5. The highest BCUT2D eigenvalue weighted by atomic mass is 35.5. The van der Waals surface area contributed by atoms with E-state index in [1.54, 1.807) is 30.3 Å². The summed E-state index contributed by atoms with van der Waals surface area (Å²) in [4.78, 5) is 25.1. The monoisotopic (exact) mass is 483 g/mol. The van der Waals surface area contributed by atoms with Crippen LogP contribution in [0.15, 0.2) is 60.3 Å². The standard InChI is InChI=1S/C24H26ClN5O2S/c1-5-13-30-22(17(4)26-23(32)18-9-11-19(25)12-10-18)28-29-24(30)33-14-21(31)27-20-8-6-7-15(2)16(20)3/h5-12,17H,1,13-14H2,2-4H3,(H,26,32)(H,27,31)/t17-/m0/s1. The largest absolute Gasteiger partial charge is 0.342 e. The van der Waals surface area contributed by atoms with Crippen molar-refractivity contribution in [3.05, 3.63) is 82.7 Å². The van der Waals surface area contributed by atoms with Gasteiger partial charge in [0, 0.05) is 22.8 Å². The maximum Gasteiger partial charge on any atom is 0.251 e. The van der Waals surface area contributed by atoms with E-state index < -0.39 is 6.04 Å². The number of halogens is 1. The van der Waals surface area contributed by atoms with Crippen molar-refractivity contribution in [3.8, 4) is 0 Å². The summed E-state index contributed by atoms with van der Waals surface area (Å²) in [5, 5.41) is 15.5. The van der Waals surface area contributed by atoms with E-state index in [0.717, 1.165) is 16.8 Å². The molecule has 0 saturated carbocycles. The third-order valence-electron chi connectivity index (χ3n) is 5.11. The molecule has 0 spiro atoms. The Morgan fingerprint density at radius 1 is 1.18 bits per heavy atom. The van der Waals surface area contributed by atoms with Gasteiger partial charge in [0.1, 0.15) is 0 Å². The molecule has 3 aromatic rings. The average Bonchev–Trinajstić information content (AvgIpc) is 3.19. The van der Waals surface area contributed by atoms with Crippen LogP contribution >= 0.6 is 23.4 Å². The van der Waals surface area contributed by atoms with Gasteiger partial charge in [-0.2, -0.15) is 0 Å². The Labute approximate surface area is 202 Å². The van der Waals surface area contributed by atoms with Crippen LogP contribution in [0.25, 0.3) is 0 Å². The van der Waals surface area contributed by atoms with Gasteiger partial charge in [0.25, 0.3) is 5.91 Å². The second-order valence-electron chi connectivity index (χ2n) is 7.53. The zero-order valence-electron chi connectivity index (χ0n) is 18.8. The minimum atomic E-state index is -0.404. The number of rotatable bonds is 9. The van der Waals surface area contributed by atoms with Crippen LogP contribution in [0.2, 0.25) is 5.02 Å². The number of aryl methyl sites for hydroxylation is 1. The highest BCUT2D eigenvalue weighted by Crippen LogP contribution is 2.23. The van der Waals surface area contributed by atoms with Crippen molar-refractivity contribution in [2.75, 3.05) is 11.1 Å². The van der Waals surface area contributed by atoms with Crippen molar-refractivity contribution < 1.29 is 9.59 Å². The van der Waals surface area contributed by atoms with Gasteiger partial charge in [-0.15, -0.1) is 16.8 Å². The summed E-state index contributed by atoms with van der Waals surface area (Å²) in [5.74, 6) is 0.380. The second kappa shape index (κ2) is 11.2. The van der Waals surface area contributed by atoms with Gasteiger partial charge < -0.3 is 15.2 Å². The van der Waals surface area contributed by atoms with Crippen LogP contribution < -0.4 is 10.6 Å². The molecule has 7 nitrogen and oxygen atoms in total. The number of allylic oxidation sites excluding steroid dienone is 1. The number of thioether (sulfide) groups is 1. The molecule has 0 aliphatic carbocycles. The fraction of sp³-hybridized carbons (Fsp3) is 0.250. The van der Waals surface area contributed by atoms with Gasteiger partial charge in [0.05, 0.1) is 11.8 Å². The molecule has 1 heterocycles. The van der Waals surface area contributed by atoms with Crippen molar-refractivity contribution in [1.29, 1.82) is 0 Å². The van der Waals surface area contributed by atoms with E-state index in [2.05, 4.69) is 27.4 Å². The zero-order valence-corrected chi connectivity index (χ0v) is 20.3. The first-order valence-corrected chi connectivity index (χ1v) is 11.8. The molecule has 0 bridgehead atoms. The Morgan fingerprint density at radius 3 is 2.61 bits per heavy atom. The van der Waals surface area contributed by atoms with Crippen molar-refractivity contribution in [1.82, 2.24) is 20.1 Å². The number of nitrogens with zero attached hydrogens (tertiary/aromatic N) is 3. The quantitative estimate of drug-likeness (QED) is 0.332. The smallest absolute Gasteiger partial charge is 0.251 e. The lowest BCUT2D eigenvalue weighted by molar-refractivity contribution is -0.113. The van der Waals surface area contributed by atoms with E-state index in [1.165, 1.54) is 11.8 Å². The van der Waals surface area contributed by atoms with Crippen LogP contribution in [0.1, 0.15) is 40.3 Å². The van der Waals surface area contributed by atoms with Crippen molar-refractivity contribution in [2.24, 2.45) is 0 Å². The lowest BCUT2D eigenvalue weighted by Gasteiger charge is -2.15. The molecule has 0 unspecified atom stereocenters. The Morgan fingerprint density at radius 2 is 1.91 bits per heavy atom. The minimum Gasteiger partial charge on any atom is -0.342 e. The van der Waals surface area contributed by atoms with E-state index in [0.29, 0.717) is 28.1 Å². The number of aromatic nitrogens is 3. The van der Waals surface area contributed by atoms with Gasteiger partial charge >= 0.3 is 0 Å². The fourth-order valence-corrected chi connectivity index (χ4v) is 4.06. The van der Waals surface area contributed by atoms with Crippen molar-refractivity contribution >= 4 is 40.9 Å². The summed E-state index contributed by atoms with van der Waals surface area (Å²) in [6.45, 7) is 10.1. The van der Waals surface area contributed by atoms with E-state index in [4.69, 9.17) is 11.6 Å². The summed E-state index contributed by atoms with van der Waals surface area (Å²) < 4.78 is 1.84. The molecule has 1 atom stereocenters. The van der Waals surface area contributed by atoms with Crippen LogP contribution in [0, 0.1) is 13.8 Å². The third-order valence-corrected chi connectivity index (χ3v) is 6.33. The molecule has 0 aliphatic heterocycles. The Hall–Kier alpha value is -3.10. The molecule has 0 fully saturated rings. The lowest BCUT2D eigenvalue weighted by atomic mass is 10.1. The van der Waals surface area contributed by atoms with Gasteiger partial charge in [-0.1, -0.05) is 41.6 Å². The number of anilines is 1.